The van der Waals surface area contributed by atoms with Gasteiger partial charge in [-0.1, -0.05) is 254 Å². The SMILES string of the molecule is CCCCCCCCC1(CCCCCCCC)c2cc(C)ccc2-c2ccc3c(c21)c1ccccc1n3-c1cc(CCCCCC)c(-c2ccc(N(c3ccc(C)cc3)c3ccc(C(C)(C)C)cc3)cc2)cc1CCCCCC. The van der Waals surface area contributed by atoms with E-state index < -0.39 is 0 Å². The maximum atomic E-state index is 2.75. The first-order chi connectivity index (χ1) is 38.5. The molecule has 1 aliphatic carbocycles. The standard InChI is InChI=1S/C77H98N2/c1-10-14-18-22-24-30-52-77(53-31-25-23-19-15-11-2)70-54-58(6)38-49-66(70)67-50-51-72-74(75(67)77)68-34-28-29-35-71(68)79(72)73-56-60(32-26-20-16-12-3)69(55-61(73)33-27-21-17-13-4)59-39-45-64(46-40-59)78(63-43-36-57(5)37-44-63)65-47-41-62(42-48-65)76(7,8)9/h28-29,34-51,54-56H,10-27,30-33,52-53H2,1-9H3. The second-order valence-corrected chi connectivity index (χ2v) is 25.2. The molecule has 0 spiro atoms. The summed E-state index contributed by atoms with van der Waals surface area (Å²) >= 11 is 0. The molecule has 0 fully saturated rings. The quantitative estimate of drug-likeness (QED) is 0.0424. The van der Waals surface area contributed by atoms with E-state index in [1.807, 2.05) is 0 Å². The second-order valence-electron chi connectivity index (χ2n) is 25.2. The highest BCUT2D eigenvalue weighted by Gasteiger charge is 2.44. The molecule has 9 rings (SSSR count). The smallest absolute Gasteiger partial charge is 0.0544 e. The van der Waals surface area contributed by atoms with Crippen molar-refractivity contribution in [3.63, 3.8) is 0 Å². The van der Waals surface area contributed by atoms with Crippen LogP contribution >= 0.6 is 0 Å². The summed E-state index contributed by atoms with van der Waals surface area (Å²) in [6, 6.07) is 55.3. The minimum atomic E-state index is -0.0188. The molecule has 2 nitrogen and oxygen atoms in total. The monoisotopic (exact) mass is 1050 g/mol. The largest absolute Gasteiger partial charge is 0.311 e. The molecule has 2 heteroatoms. The van der Waals surface area contributed by atoms with Crippen LogP contribution in [0.4, 0.5) is 17.1 Å². The number of anilines is 3. The third-order valence-corrected chi connectivity index (χ3v) is 18.1. The highest BCUT2D eigenvalue weighted by Crippen LogP contribution is 2.58. The molecule has 1 aromatic heterocycles. The van der Waals surface area contributed by atoms with E-state index in [-0.39, 0.29) is 10.8 Å². The Bertz CT molecular complexity index is 3190. The van der Waals surface area contributed by atoms with E-state index in [1.165, 1.54) is 236 Å². The van der Waals surface area contributed by atoms with Gasteiger partial charge in [-0.05, 0) is 169 Å². The van der Waals surface area contributed by atoms with Crippen LogP contribution < -0.4 is 4.90 Å². The van der Waals surface area contributed by atoms with Crippen molar-refractivity contribution in [2.24, 2.45) is 0 Å². The maximum Gasteiger partial charge on any atom is 0.0544 e. The lowest BCUT2D eigenvalue weighted by Crippen LogP contribution is -2.26. The zero-order valence-corrected chi connectivity index (χ0v) is 50.6. The summed E-state index contributed by atoms with van der Waals surface area (Å²) in [5.41, 5.74) is 23.6. The lowest BCUT2D eigenvalue weighted by atomic mass is 9.69. The number of unbranched alkanes of at least 4 members (excludes halogenated alkanes) is 16. The molecule has 79 heavy (non-hydrogen) atoms. The highest BCUT2D eigenvalue weighted by atomic mass is 15.1. The van der Waals surface area contributed by atoms with Crippen molar-refractivity contribution in [2.75, 3.05) is 4.90 Å². The number of aryl methyl sites for hydroxylation is 4. The first kappa shape index (κ1) is 57.8. The molecule has 1 aliphatic rings. The number of rotatable bonds is 29. The van der Waals surface area contributed by atoms with Crippen molar-refractivity contribution < 1.29 is 0 Å². The summed E-state index contributed by atoms with van der Waals surface area (Å²) in [5.74, 6) is 0. The van der Waals surface area contributed by atoms with Crippen LogP contribution in [0.2, 0.25) is 0 Å². The summed E-state index contributed by atoms with van der Waals surface area (Å²) in [5, 5.41) is 2.92. The van der Waals surface area contributed by atoms with Gasteiger partial charge >= 0.3 is 0 Å². The molecule has 0 saturated carbocycles. The van der Waals surface area contributed by atoms with Gasteiger partial charge in [0.25, 0.3) is 0 Å². The van der Waals surface area contributed by atoms with Crippen LogP contribution in [0.15, 0.2) is 140 Å². The molecule has 0 bridgehead atoms. The Balaban J connectivity index is 1.21. The molecule has 416 valence electrons. The summed E-state index contributed by atoms with van der Waals surface area (Å²) < 4.78 is 2.75. The van der Waals surface area contributed by atoms with E-state index in [0.717, 1.165) is 12.8 Å². The highest BCUT2D eigenvalue weighted by molar-refractivity contribution is 6.14. The molecule has 0 amide bonds. The van der Waals surface area contributed by atoms with E-state index >= 15 is 0 Å². The minimum Gasteiger partial charge on any atom is -0.311 e. The number of hydrogen-bond donors (Lipinski definition) is 0. The summed E-state index contributed by atoms with van der Waals surface area (Å²) in [7, 11) is 0. The second kappa shape index (κ2) is 27.1. The van der Waals surface area contributed by atoms with Gasteiger partial charge in [0.15, 0.2) is 0 Å². The normalized spacial score (nSPS) is 12.9. The fraction of sp³-hybridized carbons (Fsp3) is 0.455. The third kappa shape index (κ3) is 13.0. The fourth-order valence-electron chi connectivity index (χ4n) is 13.6. The lowest BCUT2D eigenvalue weighted by molar-refractivity contribution is 0.400. The predicted octanol–water partition coefficient (Wildman–Crippen LogP) is 23.8. The van der Waals surface area contributed by atoms with Crippen molar-refractivity contribution in [1.82, 2.24) is 4.57 Å². The van der Waals surface area contributed by atoms with Crippen LogP contribution in [0.5, 0.6) is 0 Å². The molecular weight excluding hydrogens is 953 g/mol. The average Bonchev–Trinajstić information content (AvgIpc) is 4.18. The predicted molar refractivity (Wildman–Crippen MR) is 347 cm³/mol. The molecule has 7 aromatic carbocycles. The third-order valence-electron chi connectivity index (χ3n) is 18.1. The number of hydrogen-bond acceptors (Lipinski definition) is 1. The molecule has 0 aliphatic heterocycles. The van der Waals surface area contributed by atoms with Crippen LogP contribution in [-0.2, 0) is 23.7 Å². The van der Waals surface area contributed by atoms with Crippen LogP contribution in [0.3, 0.4) is 0 Å². The summed E-state index contributed by atoms with van der Waals surface area (Å²) in [6.07, 6.45) is 30.4. The Morgan fingerprint density at radius 1 is 0.430 bits per heavy atom. The Labute approximate surface area is 479 Å². The van der Waals surface area contributed by atoms with Crippen molar-refractivity contribution >= 4 is 38.9 Å². The van der Waals surface area contributed by atoms with E-state index in [0.29, 0.717) is 0 Å². The van der Waals surface area contributed by atoms with E-state index in [1.54, 1.807) is 11.1 Å². The van der Waals surface area contributed by atoms with Crippen molar-refractivity contribution in [3.05, 3.63) is 178 Å². The summed E-state index contributed by atoms with van der Waals surface area (Å²) in [6.45, 7) is 20.8. The van der Waals surface area contributed by atoms with Crippen molar-refractivity contribution in [3.8, 4) is 27.9 Å². The molecule has 0 N–H and O–H groups in total. The number of para-hydroxylation sites is 1. The molecule has 0 saturated heterocycles. The average molecular weight is 1050 g/mol. The van der Waals surface area contributed by atoms with E-state index in [9.17, 15) is 0 Å². The number of aromatic nitrogens is 1. The molecule has 1 heterocycles. The summed E-state index contributed by atoms with van der Waals surface area (Å²) in [4.78, 5) is 2.43. The first-order valence-corrected chi connectivity index (χ1v) is 31.9. The molecular formula is C77H98N2. The molecule has 0 radical (unpaired) electrons. The van der Waals surface area contributed by atoms with Crippen LogP contribution in [0, 0.1) is 13.8 Å². The lowest BCUT2D eigenvalue weighted by Gasteiger charge is -2.34. The van der Waals surface area contributed by atoms with E-state index in [4.69, 9.17) is 0 Å². The molecule has 8 aromatic rings. The fourth-order valence-corrected chi connectivity index (χ4v) is 13.6. The number of benzene rings is 7. The van der Waals surface area contributed by atoms with Gasteiger partial charge in [0, 0.05) is 38.9 Å². The van der Waals surface area contributed by atoms with Gasteiger partial charge in [-0.2, -0.15) is 0 Å². The van der Waals surface area contributed by atoms with Crippen LogP contribution in [0.25, 0.3) is 49.7 Å². The zero-order chi connectivity index (χ0) is 55.4. The topological polar surface area (TPSA) is 8.17 Å². The van der Waals surface area contributed by atoms with Gasteiger partial charge in [0.05, 0.1) is 11.0 Å². The van der Waals surface area contributed by atoms with Gasteiger partial charge in [-0.25, -0.2) is 0 Å². The zero-order valence-electron chi connectivity index (χ0n) is 50.6. The number of fused-ring (bicyclic) bond motifs is 7. The Morgan fingerprint density at radius 2 is 0.937 bits per heavy atom. The maximum absolute atomic E-state index is 2.75. The van der Waals surface area contributed by atoms with Gasteiger partial charge in [0.1, 0.15) is 0 Å². The Morgan fingerprint density at radius 3 is 1.53 bits per heavy atom. The van der Waals surface area contributed by atoms with Crippen molar-refractivity contribution in [1.29, 1.82) is 0 Å². The van der Waals surface area contributed by atoms with E-state index in [2.05, 4.69) is 211 Å². The molecule has 0 unspecified atom stereocenters. The van der Waals surface area contributed by atoms with Crippen LogP contribution in [-0.4, -0.2) is 4.57 Å². The van der Waals surface area contributed by atoms with Gasteiger partial charge in [0.2, 0.25) is 0 Å². The first-order valence-electron chi connectivity index (χ1n) is 31.9. The minimum absolute atomic E-state index is 0.0188. The van der Waals surface area contributed by atoms with Gasteiger partial charge in [-0.15, -0.1) is 0 Å². The number of nitrogens with zero attached hydrogens (tertiary/aromatic N) is 2. The van der Waals surface area contributed by atoms with Crippen molar-refractivity contribution in [2.45, 2.75) is 227 Å². The van der Waals surface area contributed by atoms with Gasteiger partial charge in [-0.3, -0.25) is 0 Å². The van der Waals surface area contributed by atoms with Crippen LogP contribution in [0.1, 0.15) is 229 Å². The van der Waals surface area contributed by atoms with Gasteiger partial charge < -0.3 is 9.47 Å². The Hall–Kier alpha value is -5.86. The molecule has 0 atom stereocenters. The Kier molecular flexibility index (Phi) is 19.8.